The lowest BCUT2D eigenvalue weighted by molar-refractivity contribution is 0.268. The van der Waals surface area contributed by atoms with Gasteiger partial charge in [0.25, 0.3) is 0 Å². The summed E-state index contributed by atoms with van der Waals surface area (Å²) in [7, 11) is -3.30. The molecule has 2 rings (SSSR count). The predicted molar refractivity (Wildman–Crippen MR) is 73.0 cm³/mol. The van der Waals surface area contributed by atoms with Crippen molar-refractivity contribution >= 4 is 10.0 Å². The van der Waals surface area contributed by atoms with Crippen LogP contribution in [0.2, 0.25) is 0 Å². The summed E-state index contributed by atoms with van der Waals surface area (Å²) in [4.78, 5) is 0.424. The number of rotatable bonds is 3. The lowest BCUT2D eigenvalue weighted by Crippen LogP contribution is -2.41. The maximum absolute atomic E-state index is 12.5. The first-order chi connectivity index (χ1) is 8.55. The van der Waals surface area contributed by atoms with E-state index in [4.69, 9.17) is 0 Å². The number of hydrogen-bond acceptors (Lipinski definition) is 2. The molecular weight excluding hydrogens is 246 g/mol. The average molecular weight is 267 g/mol. The Morgan fingerprint density at radius 1 is 1.22 bits per heavy atom. The lowest BCUT2D eigenvalue weighted by Gasteiger charge is -2.32. The predicted octanol–water partition coefficient (Wildman–Crippen LogP) is 2.81. The molecule has 3 nitrogen and oxygen atoms in total. The van der Waals surface area contributed by atoms with Crippen molar-refractivity contribution in [1.29, 1.82) is 0 Å². The Labute approximate surface area is 110 Å². The van der Waals surface area contributed by atoms with Crippen LogP contribution in [0.4, 0.5) is 0 Å². The first kappa shape index (κ1) is 13.6. The number of aryl methyl sites for hydroxylation is 1. The third-order valence-corrected chi connectivity index (χ3v) is 5.71. The van der Waals surface area contributed by atoms with E-state index in [9.17, 15) is 8.42 Å². The van der Waals surface area contributed by atoms with Gasteiger partial charge in [0.05, 0.1) is 4.90 Å². The Balaban J connectivity index is 2.28. The third kappa shape index (κ3) is 2.59. The molecule has 1 aliphatic rings. The summed E-state index contributed by atoms with van der Waals surface area (Å²) in [6.07, 6.45) is 3.99. The number of benzene rings is 1. The number of nitrogens with zero attached hydrogens (tertiary/aromatic N) is 1. The molecule has 0 aromatic heterocycles. The van der Waals surface area contributed by atoms with Crippen LogP contribution in [0.25, 0.3) is 0 Å². The highest BCUT2D eigenvalue weighted by molar-refractivity contribution is 7.89. The molecule has 1 saturated heterocycles. The molecule has 1 aliphatic heterocycles. The monoisotopic (exact) mass is 267 g/mol. The van der Waals surface area contributed by atoms with Crippen LogP contribution in [0, 0.1) is 0 Å². The summed E-state index contributed by atoms with van der Waals surface area (Å²) >= 11 is 0. The Bertz CT molecular complexity index is 493. The molecule has 0 spiro atoms. The Morgan fingerprint density at radius 2 is 1.89 bits per heavy atom. The summed E-state index contributed by atoms with van der Waals surface area (Å²) in [5.41, 5.74) is 1.17. The fraction of sp³-hybridized carbons (Fsp3) is 0.571. The van der Waals surface area contributed by atoms with Gasteiger partial charge >= 0.3 is 0 Å². The summed E-state index contributed by atoms with van der Waals surface area (Å²) in [6, 6.07) is 7.39. The molecule has 0 bridgehead atoms. The fourth-order valence-corrected chi connectivity index (χ4v) is 4.16. The van der Waals surface area contributed by atoms with Crippen molar-refractivity contribution in [2.75, 3.05) is 6.54 Å². The molecule has 4 heteroatoms. The molecule has 1 heterocycles. The average Bonchev–Trinajstić information content (AvgIpc) is 2.39. The molecule has 100 valence electrons. The molecular formula is C14H21NO2S. The Morgan fingerprint density at radius 3 is 2.44 bits per heavy atom. The maximum Gasteiger partial charge on any atom is 0.243 e. The number of piperidine rings is 1. The molecule has 0 amide bonds. The van der Waals surface area contributed by atoms with Crippen LogP contribution < -0.4 is 0 Å². The molecule has 0 aliphatic carbocycles. The molecule has 0 N–H and O–H groups in total. The Hall–Kier alpha value is -0.870. The topological polar surface area (TPSA) is 37.4 Å². The molecule has 1 aromatic carbocycles. The second-order valence-corrected chi connectivity index (χ2v) is 6.85. The van der Waals surface area contributed by atoms with E-state index in [1.54, 1.807) is 16.4 Å². The third-order valence-electron chi connectivity index (χ3n) is 3.68. The van der Waals surface area contributed by atoms with Crippen molar-refractivity contribution in [3.63, 3.8) is 0 Å². The largest absolute Gasteiger partial charge is 0.243 e. The van der Waals surface area contributed by atoms with Crippen LogP contribution in [0.3, 0.4) is 0 Å². The van der Waals surface area contributed by atoms with Crippen LogP contribution in [0.1, 0.15) is 38.7 Å². The molecule has 0 radical (unpaired) electrons. The summed E-state index contributed by atoms with van der Waals surface area (Å²) in [5, 5.41) is 0. The zero-order chi connectivity index (χ0) is 13.2. The van der Waals surface area contributed by atoms with E-state index in [0.717, 1.165) is 25.7 Å². The number of hydrogen-bond donors (Lipinski definition) is 0. The fourth-order valence-electron chi connectivity index (χ4n) is 2.46. The van der Waals surface area contributed by atoms with Crippen molar-refractivity contribution in [2.45, 2.75) is 50.5 Å². The van der Waals surface area contributed by atoms with E-state index in [2.05, 4.69) is 6.92 Å². The highest BCUT2D eigenvalue weighted by Gasteiger charge is 2.30. The second-order valence-electron chi connectivity index (χ2n) is 4.96. The molecule has 0 unspecified atom stereocenters. The standard InChI is InChI=1S/C14H21NO2S/c1-3-13-7-9-14(10-8-13)18(16,17)15-11-5-4-6-12(15)2/h7-10,12H,3-6,11H2,1-2H3/t12-/m1/s1. The minimum atomic E-state index is -3.30. The van der Waals surface area contributed by atoms with Crippen molar-refractivity contribution < 1.29 is 8.42 Å². The van der Waals surface area contributed by atoms with Crippen molar-refractivity contribution in [1.82, 2.24) is 4.31 Å². The number of sulfonamides is 1. The van der Waals surface area contributed by atoms with Gasteiger partial charge in [-0.1, -0.05) is 25.5 Å². The van der Waals surface area contributed by atoms with Gasteiger partial charge in [0.2, 0.25) is 10.0 Å². The van der Waals surface area contributed by atoms with Crippen LogP contribution in [-0.4, -0.2) is 25.3 Å². The smallest absolute Gasteiger partial charge is 0.207 e. The van der Waals surface area contributed by atoms with Gasteiger partial charge in [0, 0.05) is 12.6 Å². The first-order valence-electron chi connectivity index (χ1n) is 6.66. The normalized spacial score (nSPS) is 22.0. The van der Waals surface area contributed by atoms with Gasteiger partial charge in [-0.3, -0.25) is 0 Å². The summed E-state index contributed by atoms with van der Waals surface area (Å²) in [6.45, 7) is 4.71. The van der Waals surface area contributed by atoms with Crippen molar-refractivity contribution in [2.24, 2.45) is 0 Å². The molecule has 0 saturated carbocycles. The van der Waals surface area contributed by atoms with Crippen molar-refractivity contribution in [3.8, 4) is 0 Å². The van der Waals surface area contributed by atoms with Gasteiger partial charge in [-0.15, -0.1) is 0 Å². The maximum atomic E-state index is 12.5. The van der Waals surface area contributed by atoms with Crippen LogP contribution in [-0.2, 0) is 16.4 Å². The quantitative estimate of drug-likeness (QED) is 0.844. The molecule has 1 atom stereocenters. The van der Waals surface area contributed by atoms with Crippen molar-refractivity contribution in [3.05, 3.63) is 29.8 Å². The van der Waals surface area contributed by atoms with E-state index < -0.39 is 10.0 Å². The minimum absolute atomic E-state index is 0.120. The van der Waals surface area contributed by atoms with E-state index in [1.165, 1.54) is 5.56 Å². The van der Waals surface area contributed by atoms with Gasteiger partial charge in [-0.25, -0.2) is 8.42 Å². The van der Waals surface area contributed by atoms with Crippen LogP contribution in [0.5, 0.6) is 0 Å². The summed E-state index contributed by atoms with van der Waals surface area (Å²) < 4.78 is 26.7. The van der Waals surface area contributed by atoms with Gasteiger partial charge < -0.3 is 0 Å². The molecule has 1 fully saturated rings. The van der Waals surface area contributed by atoms with Gasteiger partial charge in [-0.2, -0.15) is 4.31 Å². The van der Waals surface area contributed by atoms with E-state index in [-0.39, 0.29) is 6.04 Å². The van der Waals surface area contributed by atoms with E-state index >= 15 is 0 Å². The van der Waals surface area contributed by atoms with Crippen LogP contribution in [0.15, 0.2) is 29.2 Å². The summed E-state index contributed by atoms with van der Waals surface area (Å²) in [5.74, 6) is 0. The zero-order valence-electron chi connectivity index (χ0n) is 11.1. The van der Waals surface area contributed by atoms with E-state index in [1.807, 2.05) is 19.1 Å². The molecule has 18 heavy (non-hydrogen) atoms. The second kappa shape index (κ2) is 5.41. The highest BCUT2D eigenvalue weighted by atomic mass is 32.2. The van der Waals surface area contributed by atoms with Gasteiger partial charge in [-0.05, 0) is 43.9 Å². The SMILES string of the molecule is CCc1ccc(S(=O)(=O)N2CCCC[C@H]2C)cc1. The van der Waals surface area contributed by atoms with Crippen LogP contribution >= 0.6 is 0 Å². The first-order valence-corrected chi connectivity index (χ1v) is 8.10. The van der Waals surface area contributed by atoms with E-state index in [0.29, 0.717) is 11.4 Å². The van der Waals surface area contributed by atoms with Gasteiger partial charge in [0.15, 0.2) is 0 Å². The molecule has 1 aromatic rings. The highest BCUT2D eigenvalue weighted by Crippen LogP contribution is 2.25. The lowest BCUT2D eigenvalue weighted by atomic mass is 10.1. The van der Waals surface area contributed by atoms with Gasteiger partial charge in [0.1, 0.15) is 0 Å². The Kier molecular flexibility index (Phi) is 4.07. The zero-order valence-corrected chi connectivity index (χ0v) is 11.9. The minimum Gasteiger partial charge on any atom is -0.207 e.